The van der Waals surface area contributed by atoms with Gasteiger partial charge in [-0.15, -0.1) is 11.3 Å². The third kappa shape index (κ3) is 4.30. The lowest BCUT2D eigenvalue weighted by molar-refractivity contribution is 0.391. The van der Waals surface area contributed by atoms with Crippen molar-refractivity contribution < 1.29 is 31.1 Å². The van der Waals surface area contributed by atoms with E-state index in [0.717, 1.165) is 11.3 Å². The van der Waals surface area contributed by atoms with E-state index in [4.69, 9.17) is 9.47 Å². The monoisotopic (exact) mass is 444 g/mol. The number of hydrogen-bond donors (Lipinski definition) is 1. The van der Waals surface area contributed by atoms with E-state index in [0.29, 0.717) is 17.4 Å². The maximum absolute atomic E-state index is 15.0. The van der Waals surface area contributed by atoms with Crippen molar-refractivity contribution in [3.63, 3.8) is 0 Å². The molecule has 0 radical (unpaired) electrons. The highest BCUT2D eigenvalue weighted by atomic mass is 32.2. The van der Waals surface area contributed by atoms with Crippen molar-refractivity contribution in [1.82, 2.24) is 4.98 Å². The van der Waals surface area contributed by atoms with E-state index in [1.165, 1.54) is 44.0 Å². The van der Waals surface area contributed by atoms with Crippen LogP contribution in [0.1, 0.15) is 11.1 Å². The molecule has 3 aromatic rings. The molecule has 0 saturated heterocycles. The van der Waals surface area contributed by atoms with Crippen molar-refractivity contribution in [3.8, 4) is 11.5 Å². The van der Waals surface area contributed by atoms with Crippen molar-refractivity contribution >= 4 is 26.5 Å². The number of halogens is 3. The lowest BCUT2D eigenvalue weighted by Gasteiger charge is -2.14. The summed E-state index contributed by atoms with van der Waals surface area (Å²) in [5, 5.41) is 1.47. The maximum Gasteiger partial charge on any atom is 0.266 e. The van der Waals surface area contributed by atoms with Gasteiger partial charge < -0.3 is 9.47 Å². The van der Waals surface area contributed by atoms with Crippen LogP contribution in [-0.4, -0.2) is 27.6 Å². The van der Waals surface area contributed by atoms with Gasteiger partial charge in [-0.1, -0.05) is 6.07 Å². The van der Waals surface area contributed by atoms with Crippen LogP contribution in [0, 0.1) is 17.5 Å². The van der Waals surface area contributed by atoms with Gasteiger partial charge in [-0.2, -0.15) is 0 Å². The molecule has 154 valence electrons. The maximum atomic E-state index is 15.0. The number of nitrogens with zero attached hydrogens (tertiary/aromatic N) is 1. The van der Waals surface area contributed by atoms with Crippen LogP contribution in [0.4, 0.5) is 18.3 Å². The summed E-state index contributed by atoms with van der Waals surface area (Å²) in [4.78, 5) is 2.72. The van der Waals surface area contributed by atoms with Gasteiger partial charge in [0.25, 0.3) is 10.0 Å². The molecule has 1 aromatic heterocycles. The van der Waals surface area contributed by atoms with Crippen molar-refractivity contribution in [1.29, 1.82) is 0 Å². The molecule has 0 fully saturated rings. The molecule has 0 aliphatic carbocycles. The largest absolute Gasteiger partial charge is 0.497 e. The Bertz CT molecular complexity index is 1140. The Kier molecular flexibility index (Phi) is 5.99. The van der Waals surface area contributed by atoms with Crippen LogP contribution >= 0.6 is 11.3 Å². The van der Waals surface area contributed by atoms with E-state index in [1.54, 1.807) is 0 Å². The number of ether oxygens (including phenoxy) is 2. The van der Waals surface area contributed by atoms with Crippen LogP contribution in [0.25, 0.3) is 0 Å². The number of rotatable bonds is 7. The van der Waals surface area contributed by atoms with Crippen LogP contribution in [0.2, 0.25) is 0 Å². The zero-order chi connectivity index (χ0) is 21.2. The lowest BCUT2D eigenvalue weighted by atomic mass is 10.0. The molecule has 0 aliphatic rings. The first kappa shape index (κ1) is 20.9. The van der Waals surface area contributed by atoms with Gasteiger partial charge in [-0.3, -0.25) is 4.72 Å². The number of aromatic nitrogens is 1. The second-order valence-corrected chi connectivity index (χ2v) is 8.31. The normalized spacial score (nSPS) is 11.3. The van der Waals surface area contributed by atoms with Crippen molar-refractivity contribution in [2.75, 3.05) is 18.9 Å². The molecule has 0 bridgehead atoms. The first-order valence-electron chi connectivity index (χ1n) is 8.06. The van der Waals surface area contributed by atoms with Crippen molar-refractivity contribution in [2.45, 2.75) is 11.3 Å². The minimum atomic E-state index is -4.53. The molecular weight excluding hydrogens is 429 g/mol. The highest BCUT2D eigenvalue weighted by Gasteiger charge is 2.28. The predicted octanol–water partition coefficient (Wildman–Crippen LogP) is 3.97. The minimum absolute atomic E-state index is 0.0347. The molecule has 1 heterocycles. The van der Waals surface area contributed by atoms with E-state index in [-0.39, 0.29) is 10.9 Å². The molecule has 0 amide bonds. The van der Waals surface area contributed by atoms with Crippen molar-refractivity contribution in [3.05, 3.63) is 64.4 Å². The quantitative estimate of drug-likeness (QED) is 0.558. The zero-order valence-electron chi connectivity index (χ0n) is 15.2. The molecule has 0 atom stereocenters. The molecule has 6 nitrogen and oxygen atoms in total. The third-order valence-electron chi connectivity index (χ3n) is 4.02. The number of sulfonamides is 1. The number of thiazole rings is 1. The van der Waals surface area contributed by atoms with Gasteiger partial charge >= 0.3 is 0 Å². The summed E-state index contributed by atoms with van der Waals surface area (Å²) in [6.07, 6.45) is 0.897. The fourth-order valence-corrected chi connectivity index (χ4v) is 4.52. The van der Waals surface area contributed by atoms with Gasteiger partial charge in [-0.25, -0.2) is 26.6 Å². The lowest BCUT2D eigenvalue weighted by Crippen LogP contribution is -2.17. The Morgan fingerprint density at radius 2 is 1.86 bits per heavy atom. The Morgan fingerprint density at radius 1 is 1.10 bits per heavy atom. The highest BCUT2D eigenvalue weighted by Crippen LogP contribution is 2.31. The minimum Gasteiger partial charge on any atom is -0.497 e. The first-order chi connectivity index (χ1) is 13.8. The molecule has 29 heavy (non-hydrogen) atoms. The summed E-state index contributed by atoms with van der Waals surface area (Å²) < 4.78 is 80.7. The molecule has 0 aliphatic heterocycles. The highest BCUT2D eigenvalue weighted by molar-refractivity contribution is 7.93. The van der Waals surface area contributed by atoms with E-state index < -0.39 is 44.4 Å². The standard InChI is InChI=1S/C18H15F3N2O4S2/c1-26-11-4-3-10(14(8-11)27-2)7-12-16(20)13(19)9-15(17(12)21)29(24,25)23-18-22-5-6-28-18/h3-6,8-9H,7H2,1-2H3,(H,22,23). The molecular formula is C18H15F3N2O4S2. The second kappa shape index (κ2) is 8.29. The fourth-order valence-electron chi connectivity index (χ4n) is 2.61. The molecule has 1 N–H and O–H groups in total. The van der Waals surface area contributed by atoms with Gasteiger partial charge in [0.05, 0.1) is 14.2 Å². The third-order valence-corrected chi connectivity index (χ3v) is 6.17. The topological polar surface area (TPSA) is 77.5 Å². The SMILES string of the molecule is COc1ccc(Cc2c(F)c(F)cc(S(=O)(=O)Nc3nccs3)c2F)c(OC)c1. The van der Waals surface area contributed by atoms with Gasteiger partial charge in [-0.05, 0) is 11.6 Å². The number of anilines is 1. The van der Waals surface area contributed by atoms with E-state index in [9.17, 15) is 21.6 Å². The summed E-state index contributed by atoms with van der Waals surface area (Å²) in [7, 11) is -1.74. The van der Waals surface area contributed by atoms with E-state index in [1.807, 2.05) is 4.72 Å². The molecule has 11 heteroatoms. The summed E-state index contributed by atoms with van der Waals surface area (Å²) in [5.74, 6) is -3.67. The van der Waals surface area contributed by atoms with Crippen LogP contribution in [-0.2, 0) is 16.4 Å². The summed E-state index contributed by atoms with van der Waals surface area (Å²) in [6.45, 7) is 0. The fraction of sp³-hybridized carbons (Fsp3) is 0.167. The molecule has 0 unspecified atom stereocenters. The summed E-state index contributed by atoms with van der Waals surface area (Å²) in [5.41, 5.74) is -0.430. The Hall–Kier alpha value is -2.79. The second-order valence-electron chi connectivity index (χ2n) is 5.76. The average molecular weight is 444 g/mol. The van der Waals surface area contributed by atoms with Crippen LogP contribution in [0.3, 0.4) is 0 Å². The van der Waals surface area contributed by atoms with Crippen LogP contribution in [0.5, 0.6) is 11.5 Å². The Morgan fingerprint density at radius 3 is 2.48 bits per heavy atom. The van der Waals surface area contributed by atoms with E-state index >= 15 is 0 Å². The van der Waals surface area contributed by atoms with Crippen LogP contribution < -0.4 is 14.2 Å². The molecule has 0 saturated carbocycles. The molecule has 3 rings (SSSR count). The number of hydrogen-bond acceptors (Lipinski definition) is 6. The predicted molar refractivity (Wildman–Crippen MR) is 102 cm³/mol. The van der Waals surface area contributed by atoms with Crippen molar-refractivity contribution in [2.24, 2.45) is 0 Å². The molecule has 0 spiro atoms. The number of nitrogens with one attached hydrogen (secondary N) is 1. The molecule has 2 aromatic carbocycles. The number of benzene rings is 2. The smallest absolute Gasteiger partial charge is 0.266 e. The first-order valence-corrected chi connectivity index (χ1v) is 10.4. The zero-order valence-corrected chi connectivity index (χ0v) is 16.8. The van der Waals surface area contributed by atoms with Gasteiger partial charge in [0.2, 0.25) is 0 Å². The van der Waals surface area contributed by atoms with Gasteiger partial charge in [0.15, 0.2) is 16.8 Å². The summed E-state index contributed by atoms with van der Waals surface area (Å²) in [6, 6.07) is 4.82. The Labute approximate surface area is 169 Å². The average Bonchev–Trinajstić information content (AvgIpc) is 3.20. The van der Waals surface area contributed by atoms with Crippen LogP contribution in [0.15, 0.2) is 40.7 Å². The number of methoxy groups -OCH3 is 2. The van der Waals surface area contributed by atoms with Gasteiger partial charge in [0, 0.05) is 35.7 Å². The van der Waals surface area contributed by atoms with E-state index in [2.05, 4.69) is 4.98 Å². The summed E-state index contributed by atoms with van der Waals surface area (Å²) >= 11 is 0.953. The van der Waals surface area contributed by atoms with Gasteiger partial charge in [0.1, 0.15) is 22.2 Å². The Balaban J connectivity index is 2.07.